The van der Waals surface area contributed by atoms with E-state index in [0.29, 0.717) is 0 Å². The Morgan fingerprint density at radius 1 is 0.722 bits per heavy atom. The predicted molar refractivity (Wildman–Crippen MR) is 74.9 cm³/mol. The van der Waals surface area contributed by atoms with Crippen LogP contribution in [0.2, 0.25) is 0 Å². The maximum Gasteiger partial charge on any atom is 0.150 e. The largest absolute Gasteiger partial charge is 0.298 e. The summed E-state index contributed by atoms with van der Waals surface area (Å²) in [4.78, 5) is 10.0. The monoisotopic (exact) mass is 238 g/mol. The van der Waals surface area contributed by atoms with Gasteiger partial charge in [0.15, 0.2) is 0 Å². The average molecular weight is 238 g/mol. The van der Waals surface area contributed by atoms with Gasteiger partial charge in [-0.15, -0.1) is 0 Å². The van der Waals surface area contributed by atoms with E-state index in [-0.39, 0.29) is 0 Å². The zero-order chi connectivity index (χ0) is 12.6. The van der Waals surface area contributed by atoms with Gasteiger partial charge in [0.05, 0.1) is 0 Å². The summed E-state index contributed by atoms with van der Waals surface area (Å²) >= 11 is 0. The lowest BCUT2D eigenvalue weighted by Gasteiger charge is -2.13. The van der Waals surface area contributed by atoms with Gasteiger partial charge in [0.1, 0.15) is 6.29 Å². The van der Waals surface area contributed by atoms with Crippen molar-refractivity contribution in [2.24, 2.45) is 0 Å². The first kappa shape index (κ1) is 12.6. The second-order valence-electron chi connectivity index (χ2n) is 4.50. The highest BCUT2D eigenvalue weighted by atomic mass is 16.1. The van der Waals surface area contributed by atoms with Gasteiger partial charge in [-0.05, 0) is 36.8 Å². The molecule has 1 aliphatic carbocycles. The molecule has 0 atom stereocenters. The lowest BCUT2D eigenvalue weighted by Crippen LogP contribution is -2.00. The molecule has 0 N–H and O–H groups in total. The lowest BCUT2D eigenvalue weighted by atomic mass is 9.92. The minimum Gasteiger partial charge on any atom is -0.298 e. The summed E-state index contributed by atoms with van der Waals surface area (Å²) in [7, 11) is 0. The van der Waals surface area contributed by atoms with Gasteiger partial charge in [-0.3, -0.25) is 4.79 Å². The second-order valence-corrected chi connectivity index (χ2v) is 4.50. The summed E-state index contributed by atoms with van der Waals surface area (Å²) < 4.78 is 0. The van der Waals surface area contributed by atoms with Crippen molar-refractivity contribution in [3.05, 3.63) is 71.3 Å². The van der Waals surface area contributed by atoms with E-state index in [1.807, 2.05) is 18.2 Å². The Bertz CT molecular complexity index is 463. The summed E-state index contributed by atoms with van der Waals surface area (Å²) in [5.41, 5.74) is 3.88. The number of benzene rings is 2. The molecular weight excluding hydrogens is 220 g/mol. The lowest BCUT2D eigenvalue weighted by molar-refractivity contribution is 0.112. The Morgan fingerprint density at radius 3 is 1.67 bits per heavy atom. The van der Waals surface area contributed by atoms with Crippen LogP contribution >= 0.6 is 0 Å². The Balaban J connectivity index is 0.000000138. The van der Waals surface area contributed by atoms with Crippen LogP contribution in [-0.2, 0) is 12.8 Å². The fraction of sp³-hybridized carbons (Fsp3) is 0.235. The molecule has 0 fully saturated rings. The van der Waals surface area contributed by atoms with Crippen molar-refractivity contribution in [2.45, 2.75) is 25.7 Å². The van der Waals surface area contributed by atoms with Crippen LogP contribution < -0.4 is 0 Å². The first-order valence-electron chi connectivity index (χ1n) is 6.47. The van der Waals surface area contributed by atoms with E-state index in [1.54, 1.807) is 23.3 Å². The van der Waals surface area contributed by atoms with Gasteiger partial charge < -0.3 is 0 Å². The highest BCUT2D eigenvalue weighted by Crippen LogP contribution is 2.19. The van der Waals surface area contributed by atoms with Crippen LogP contribution in [0.1, 0.15) is 34.3 Å². The van der Waals surface area contributed by atoms with Crippen LogP contribution in [-0.4, -0.2) is 6.29 Å². The molecule has 18 heavy (non-hydrogen) atoms. The first-order chi connectivity index (χ1) is 8.90. The molecule has 0 amide bonds. The molecule has 0 aliphatic heterocycles. The van der Waals surface area contributed by atoms with E-state index in [9.17, 15) is 4.79 Å². The maximum atomic E-state index is 10.0. The zero-order valence-corrected chi connectivity index (χ0v) is 10.5. The van der Waals surface area contributed by atoms with Crippen LogP contribution in [0.4, 0.5) is 0 Å². The molecule has 1 nitrogen and oxygen atoms in total. The van der Waals surface area contributed by atoms with Crippen molar-refractivity contribution in [3.63, 3.8) is 0 Å². The summed E-state index contributed by atoms with van der Waals surface area (Å²) in [5.74, 6) is 0. The summed E-state index contributed by atoms with van der Waals surface area (Å²) in [6.07, 6.45) is 6.21. The van der Waals surface area contributed by atoms with Crippen LogP contribution in [0.5, 0.6) is 0 Å². The van der Waals surface area contributed by atoms with Crippen LogP contribution in [0.25, 0.3) is 0 Å². The number of fused-ring (bicyclic) bond motifs is 1. The molecule has 1 aliphatic rings. The minimum absolute atomic E-state index is 0.729. The van der Waals surface area contributed by atoms with Gasteiger partial charge >= 0.3 is 0 Å². The Kier molecular flexibility index (Phi) is 4.71. The fourth-order valence-corrected chi connectivity index (χ4v) is 2.21. The van der Waals surface area contributed by atoms with Gasteiger partial charge in [0.25, 0.3) is 0 Å². The SMILES string of the molecule is O=Cc1ccccc1.c1ccc2c(c1)CCCC2. The predicted octanol–water partition coefficient (Wildman–Crippen LogP) is 4.06. The molecule has 2 aromatic carbocycles. The van der Waals surface area contributed by atoms with Crippen LogP contribution in [0, 0.1) is 0 Å². The van der Waals surface area contributed by atoms with Crippen LogP contribution in [0.3, 0.4) is 0 Å². The van der Waals surface area contributed by atoms with E-state index >= 15 is 0 Å². The van der Waals surface area contributed by atoms with Crippen molar-refractivity contribution < 1.29 is 4.79 Å². The average Bonchev–Trinajstić information content (AvgIpc) is 2.49. The molecule has 2 aromatic rings. The molecule has 0 unspecified atom stereocenters. The molecule has 0 spiro atoms. The molecule has 0 aromatic heterocycles. The molecule has 92 valence electrons. The molecule has 0 saturated carbocycles. The number of rotatable bonds is 1. The smallest absolute Gasteiger partial charge is 0.150 e. The molecule has 1 heteroatoms. The van der Waals surface area contributed by atoms with Crippen LogP contribution in [0.15, 0.2) is 54.6 Å². The van der Waals surface area contributed by atoms with E-state index in [0.717, 1.165) is 11.8 Å². The molecular formula is C17H18O. The van der Waals surface area contributed by atoms with E-state index in [1.165, 1.54) is 25.7 Å². The third-order valence-corrected chi connectivity index (χ3v) is 3.20. The van der Waals surface area contributed by atoms with Crippen molar-refractivity contribution in [2.75, 3.05) is 0 Å². The second kappa shape index (κ2) is 6.75. The highest BCUT2D eigenvalue weighted by molar-refractivity contribution is 5.74. The molecule has 0 saturated heterocycles. The zero-order valence-electron chi connectivity index (χ0n) is 10.5. The standard InChI is InChI=1S/C10H12.C7H6O/c1-2-6-10-8-4-3-7-9(10)5-1;8-6-7-4-2-1-3-5-7/h1-2,5-6H,3-4,7-8H2;1-6H. The van der Waals surface area contributed by atoms with Gasteiger partial charge in [-0.1, -0.05) is 54.6 Å². The molecule has 0 heterocycles. The Hall–Kier alpha value is -1.89. The van der Waals surface area contributed by atoms with Crippen molar-refractivity contribution in [1.82, 2.24) is 0 Å². The number of carbonyl (C=O) groups is 1. The summed E-state index contributed by atoms with van der Waals surface area (Å²) in [6, 6.07) is 17.9. The van der Waals surface area contributed by atoms with Crippen molar-refractivity contribution in [3.8, 4) is 0 Å². The summed E-state index contributed by atoms with van der Waals surface area (Å²) in [5, 5.41) is 0. The number of hydrogen-bond donors (Lipinski definition) is 0. The fourth-order valence-electron chi connectivity index (χ4n) is 2.21. The number of aryl methyl sites for hydroxylation is 2. The highest BCUT2D eigenvalue weighted by Gasteiger charge is 2.05. The third-order valence-electron chi connectivity index (χ3n) is 3.20. The van der Waals surface area contributed by atoms with Crippen molar-refractivity contribution >= 4 is 6.29 Å². The van der Waals surface area contributed by atoms with E-state index < -0.39 is 0 Å². The topological polar surface area (TPSA) is 17.1 Å². The molecule has 3 rings (SSSR count). The third kappa shape index (κ3) is 3.56. The summed E-state index contributed by atoms with van der Waals surface area (Å²) in [6.45, 7) is 0. The number of aldehydes is 1. The normalized spacial score (nSPS) is 12.9. The quantitative estimate of drug-likeness (QED) is 0.685. The first-order valence-corrected chi connectivity index (χ1v) is 6.47. The van der Waals surface area contributed by atoms with E-state index in [4.69, 9.17) is 0 Å². The van der Waals surface area contributed by atoms with Crippen molar-refractivity contribution in [1.29, 1.82) is 0 Å². The minimum atomic E-state index is 0.729. The van der Waals surface area contributed by atoms with Gasteiger partial charge in [-0.2, -0.15) is 0 Å². The van der Waals surface area contributed by atoms with Gasteiger partial charge in [0.2, 0.25) is 0 Å². The number of carbonyl (C=O) groups excluding carboxylic acids is 1. The maximum absolute atomic E-state index is 10.0. The number of hydrogen-bond acceptors (Lipinski definition) is 1. The Morgan fingerprint density at radius 2 is 1.22 bits per heavy atom. The Labute approximate surface area is 108 Å². The molecule has 0 bridgehead atoms. The van der Waals surface area contributed by atoms with Gasteiger partial charge in [-0.25, -0.2) is 0 Å². The van der Waals surface area contributed by atoms with E-state index in [2.05, 4.69) is 24.3 Å². The molecule has 0 radical (unpaired) electrons. The van der Waals surface area contributed by atoms with Gasteiger partial charge in [0, 0.05) is 5.56 Å².